The predicted molar refractivity (Wildman–Crippen MR) is 133 cm³/mol. The predicted octanol–water partition coefficient (Wildman–Crippen LogP) is 3.09. The standard InChI is InChI=1S/C24H33N9O/c1-5-33-23(16-11-27-15(4)28-12-16)32-21-22(29-13-30-24(21)33)31-17-6-7-19(26-8-9-34)18(10-17)20(25)14(2)3/h11-14,17,25-26,34H,5-10H2,1-4H3,(H,29,30,31). The molecular weight excluding hydrogens is 430 g/mol. The third-order valence-corrected chi connectivity index (χ3v) is 6.14. The molecule has 10 heteroatoms. The van der Waals surface area contributed by atoms with Gasteiger partial charge in [0.2, 0.25) is 0 Å². The van der Waals surface area contributed by atoms with Gasteiger partial charge in [0.25, 0.3) is 0 Å². The van der Waals surface area contributed by atoms with Gasteiger partial charge >= 0.3 is 0 Å². The second-order valence-corrected chi connectivity index (χ2v) is 8.85. The number of anilines is 1. The molecule has 0 spiro atoms. The Morgan fingerprint density at radius 1 is 1.24 bits per heavy atom. The van der Waals surface area contributed by atoms with Crippen molar-refractivity contribution in [1.82, 2.24) is 34.8 Å². The summed E-state index contributed by atoms with van der Waals surface area (Å²) in [5, 5.41) is 24.8. The molecule has 0 aromatic carbocycles. The van der Waals surface area contributed by atoms with E-state index in [-0.39, 0.29) is 18.6 Å². The van der Waals surface area contributed by atoms with Gasteiger partial charge in [0.1, 0.15) is 18.0 Å². The Morgan fingerprint density at radius 3 is 2.68 bits per heavy atom. The van der Waals surface area contributed by atoms with Crippen LogP contribution in [0.4, 0.5) is 5.82 Å². The molecule has 1 atom stereocenters. The molecule has 1 aliphatic rings. The topological polar surface area (TPSA) is 138 Å². The van der Waals surface area contributed by atoms with Crippen LogP contribution in [0.3, 0.4) is 0 Å². The van der Waals surface area contributed by atoms with Crippen LogP contribution < -0.4 is 10.6 Å². The molecule has 180 valence electrons. The lowest BCUT2D eigenvalue weighted by Crippen LogP contribution is -2.33. The highest BCUT2D eigenvalue weighted by Gasteiger charge is 2.26. The number of fused-ring (bicyclic) bond motifs is 1. The van der Waals surface area contributed by atoms with E-state index in [2.05, 4.69) is 37.5 Å². The minimum atomic E-state index is 0.0703. The van der Waals surface area contributed by atoms with Crippen molar-refractivity contribution >= 4 is 22.7 Å². The molecule has 0 amide bonds. The molecule has 3 aromatic heterocycles. The lowest BCUT2D eigenvalue weighted by atomic mass is 9.85. The van der Waals surface area contributed by atoms with E-state index in [1.165, 1.54) is 0 Å². The first-order chi connectivity index (χ1) is 16.4. The third-order valence-electron chi connectivity index (χ3n) is 6.14. The van der Waals surface area contributed by atoms with E-state index in [9.17, 15) is 5.11 Å². The maximum Gasteiger partial charge on any atom is 0.165 e. The van der Waals surface area contributed by atoms with Gasteiger partial charge in [-0.05, 0) is 44.6 Å². The molecule has 4 rings (SSSR count). The van der Waals surface area contributed by atoms with E-state index in [1.807, 2.05) is 25.3 Å². The summed E-state index contributed by atoms with van der Waals surface area (Å²) >= 11 is 0. The number of aryl methyl sites for hydroxylation is 2. The summed E-state index contributed by atoms with van der Waals surface area (Å²) in [5.74, 6) is 2.30. The minimum absolute atomic E-state index is 0.0703. The second-order valence-electron chi connectivity index (χ2n) is 8.85. The molecule has 10 nitrogen and oxygen atoms in total. The summed E-state index contributed by atoms with van der Waals surface area (Å²) in [5.41, 5.74) is 5.04. The summed E-state index contributed by atoms with van der Waals surface area (Å²) in [4.78, 5) is 22.6. The molecular formula is C24H33N9O. The summed E-state index contributed by atoms with van der Waals surface area (Å²) in [7, 11) is 0. The van der Waals surface area contributed by atoms with Crippen molar-refractivity contribution in [1.29, 1.82) is 5.41 Å². The van der Waals surface area contributed by atoms with Gasteiger partial charge in [0, 0.05) is 42.9 Å². The van der Waals surface area contributed by atoms with Crippen molar-refractivity contribution < 1.29 is 5.11 Å². The molecule has 3 aromatic rings. The fraction of sp³-hybridized carbons (Fsp3) is 0.500. The SMILES string of the molecule is CCn1c(-c2cnc(C)nc2)nc2c(NC3CCC(NCCO)=C(C(=N)C(C)C)C3)ncnc21. The fourth-order valence-electron chi connectivity index (χ4n) is 4.35. The van der Waals surface area contributed by atoms with Crippen molar-refractivity contribution in [3.63, 3.8) is 0 Å². The minimum Gasteiger partial charge on any atom is -0.395 e. The Morgan fingerprint density at radius 2 is 2.00 bits per heavy atom. The van der Waals surface area contributed by atoms with Crippen LogP contribution in [0.15, 0.2) is 30.0 Å². The number of nitrogens with one attached hydrogen (secondary N) is 3. The first kappa shape index (κ1) is 23.7. The van der Waals surface area contributed by atoms with Crippen LogP contribution in [0.25, 0.3) is 22.6 Å². The Bertz CT molecular complexity index is 1200. The Labute approximate surface area is 199 Å². The number of aliphatic hydroxyl groups is 1. The summed E-state index contributed by atoms with van der Waals surface area (Å²) in [6.45, 7) is 9.27. The number of rotatable bonds is 9. The number of aromatic nitrogens is 6. The Kier molecular flexibility index (Phi) is 7.16. The zero-order chi connectivity index (χ0) is 24.2. The second kappa shape index (κ2) is 10.3. The molecule has 0 radical (unpaired) electrons. The van der Waals surface area contributed by atoms with E-state index < -0.39 is 0 Å². The zero-order valence-electron chi connectivity index (χ0n) is 20.3. The van der Waals surface area contributed by atoms with Crippen LogP contribution >= 0.6 is 0 Å². The number of aliphatic hydroxyl groups excluding tert-OH is 1. The van der Waals surface area contributed by atoms with Crippen molar-refractivity contribution in [2.75, 3.05) is 18.5 Å². The molecule has 0 bridgehead atoms. The van der Waals surface area contributed by atoms with Gasteiger partial charge in [0.05, 0.1) is 12.2 Å². The highest BCUT2D eigenvalue weighted by atomic mass is 16.3. The van der Waals surface area contributed by atoms with Crippen molar-refractivity contribution in [2.45, 2.75) is 59.5 Å². The van der Waals surface area contributed by atoms with E-state index in [1.54, 1.807) is 18.7 Å². The third kappa shape index (κ3) is 4.77. The number of allylic oxidation sites excluding steroid dienone is 1. The smallest absolute Gasteiger partial charge is 0.165 e. The monoisotopic (exact) mass is 463 g/mol. The van der Waals surface area contributed by atoms with Crippen LogP contribution in [-0.2, 0) is 6.54 Å². The van der Waals surface area contributed by atoms with E-state index in [0.717, 1.165) is 41.1 Å². The lowest BCUT2D eigenvalue weighted by molar-refractivity contribution is 0.295. The molecule has 4 N–H and O–H groups in total. The van der Waals surface area contributed by atoms with Gasteiger partial charge in [-0.1, -0.05) is 13.8 Å². The molecule has 1 aliphatic carbocycles. The Hall–Kier alpha value is -3.40. The van der Waals surface area contributed by atoms with Crippen molar-refractivity contribution in [3.05, 3.63) is 35.8 Å². The van der Waals surface area contributed by atoms with Gasteiger partial charge < -0.3 is 25.7 Å². The molecule has 0 saturated heterocycles. The van der Waals surface area contributed by atoms with Crippen LogP contribution in [-0.4, -0.2) is 59.5 Å². The van der Waals surface area contributed by atoms with Gasteiger partial charge in [-0.15, -0.1) is 0 Å². The fourth-order valence-corrected chi connectivity index (χ4v) is 4.35. The van der Waals surface area contributed by atoms with Crippen molar-refractivity contribution in [2.24, 2.45) is 5.92 Å². The molecule has 0 aliphatic heterocycles. The average Bonchev–Trinajstić information content (AvgIpc) is 3.22. The number of imidazole rings is 1. The maximum absolute atomic E-state index is 9.24. The highest BCUT2D eigenvalue weighted by molar-refractivity contribution is 6.00. The lowest BCUT2D eigenvalue weighted by Gasteiger charge is -2.30. The first-order valence-corrected chi connectivity index (χ1v) is 11.8. The number of hydrogen-bond donors (Lipinski definition) is 4. The van der Waals surface area contributed by atoms with E-state index in [0.29, 0.717) is 42.4 Å². The van der Waals surface area contributed by atoms with Gasteiger partial charge in [-0.2, -0.15) is 0 Å². The normalized spacial score (nSPS) is 16.4. The van der Waals surface area contributed by atoms with Crippen LogP contribution in [0, 0.1) is 18.3 Å². The number of nitrogens with zero attached hydrogens (tertiary/aromatic N) is 6. The quantitative estimate of drug-likeness (QED) is 0.355. The van der Waals surface area contributed by atoms with Gasteiger partial charge in [-0.25, -0.2) is 24.9 Å². The summed E-state index contributed by atoms with van der Waals surface area (Å²) < 4.78 is 2.05. The average molecular weight is 464 g/mol. The van der Waals surface area contributed by atoms with E-state index in [4.69, 9.17) is 10.4 Å². The van der Waals surface area contributed by atoms with Gasteiger partial charge in [0.15, 0.2) is 17.0 Å². The molecule has 34 heavy (non-hydrogen) atoms. The zero-order valence-corrected chi connectivity index (χ0v) is 20.3. The van der Waals surface area contributed by atoms with Crippen LogP contribution in [0.1, 0.15) is 45.9 Å². The summed E-state index contributed by atoms with van der Waals surface area (Å²) in [6, 6.07) is 0.116. The van der Waals surface area contributed by atoms with Gasteiger partial charge in [-0.3, -0.25) is 0 Å². The molecule has 0 saturated carbocycles. The molecule has 1 unspecified atom stereocenters. The molecule has 0 fully saturated rings. The highest BCUT2D eigenvalue weighted by Crippen LogP contribution is 2.31. The Balaban J connectivity index is 1.65. The molecule has 3 heterocycles. The van der Waals surface area contributed by atoms with E-state index >= 15 is 0 Å². The van der Waals surface area contributed by atoms with Crippen LogP contribution in [0.2, 0.25) is 0 Å². The summed E-state index contributed by atoms with van der Waals surface area (Å²) in [6.07, 6.45) is 7.55. The van der Waals surface area contributed by atoms with Crippen LogP contribution in [0.5, 0.6) is 0 Å². The maximum atomic E-state index is 9.24. The number of hydrogen-bond acceptors (Lipinski definition) is 9. The largest absolute Gasteiger partial charge is 0.395 e. The first-order valence-electron chi connectivity index (χ1n) is 11.8. The van der Waals surface area contributed by atoms with Crippen molar-refractivity contribution in [3.8, 4) is 11.4 Å².